The van der Waals surface area contributed by atoms with Crippen molar-refractivity contribution in [3.63, 3.8) is 0 Å². The summed E-state index contributed by atoms with van der Waals surface area (Å²) in [6, 6.07) is 10.4. The first-order valence-electron chi connectivity index (χ1n) is 9.12. The molecule has 1 aliphatic heterocycles. The first-order valence-corrected chi connectivity index (χ1v) is 10.3. The van der Waals surface area contributed by atoms with Crippen molar-refractivity contribution in [3.8, 4) is 11.5 Å². The summed E-state index contributed by atoms with van der Waals surface area (Å²) in [5.74, 6) is -1.33. The van der Waals surface area contributed by atoms with Crippen molar-refractivity contribution in [1.29, 1.82) is 0 Å². The Hall–Kier alpha value is -2.91. The lowest BCUT2D eigenvalue weighted by atomic mass is 10.1. The van der Waals surface area contributed by atoms with E-state index in [0.717, 1.165) is 17.3 Å². The van der Waals surface area contributed by atoms with Crippen LogP contribution < -0.4 is 5.32 Å². The van der Waals surface area contributed by atoms with Gasteiger partial charge in [0.25, 0.3) is 5.91 Å². The van der Waals surface area contributed by atoms with Crippen molar-refractivity contribution in [2.75, 3.05) is 13.1 Å². The monoisotopic (exact) mass is 446 g/mol. The molecule has 0 aliphatic carbocycles. The molecule has 2 aromatic carbocycles. The third kappa shape index (κ3) is 5.58. The molecule has 1 fully saturated rings. The Bertz CT molecular complexity index is 1030. The third-order valence-electron chi connectivity index (χ3n) is 4.36. The van der Waals surface area contributed by atoms with Crippen LogP contribution in [0.2, 0.25) is 0 Å². The number of aromatic hydroxyl groups is 2. The summed E-state index contributed by atoms with van der Waals surface area (Å²) in [7, 11) is 0. The molecule has 0 bridgehead atoms. The molecule has 1 saturated heterocycles. The molecule has 0 spiro atoms. The summed E-state index contributed by atoms with van der Waals surface area (Å²) >= 11 is 6.36. The topological polar surface area (TPSA) is 89.9 Å². The molecule has 3 rings (SSSR count). The zero-order valence-corrected chi connectivity index (χ0v) is 17.4. The average Bonchev–Trinajstić information content (AvgIpc) is 2.96. The van der Waals surface area contributed by atoms with Crippen LogP contribution >= 0.6 is 24.0 Å². The number of hydrogen-bond acceptors (Lipinski definition) is 6. The zero-order chi connectivity index (χ0) is 21.7. The van der Waals surface area contributed by atoms with Crippen LogP contribution in [-0.2, 0) is 16.0 Å². The van der Waals surface area contributed by atoms with Gasteiger partial charge in [-0.05, 0) is 47.9 Å². The summed E-state index contributed by atoms with van der Waals surface area (Å²) in [6.07, 6.45) is 2.15. The van der Waals surface area contributed by atoms with E-state index in [1.54, 1.807) is 24.3 Å². The second-order valence-corrected chi connectivity index (χ2v) is 8.24. The molecule has 1 aliphatic rings. The molecule has 0 aromatic heterocycles. The number of thiocarbonyl (C=S) groups is 1. The Balaban J connectivity index is 1.48. The lowest BCUT2D eigenvalue weighted by Gasteiger charge is -2.14. The second kappa shape index (κ2) is 9.73. The van der Waals surface area contributed by atoms with E-state index in [1.165, 1.54) is 29.2 Å². The molecule has 0 atom stereocenters. The minimum atomic E-state index is -0.390. The maximum absolute atomic E-state index is 13.3. The molecular weight excluding hydrogens is 427 g/mol. The van der Waals surface area contributed by atoms with Gasteiger partial charge in [0.1, 0.15) is 10.1 Å². The summed E-state index contributed by atoms with van der Waals surface area (Å²) in [4.78, 5) is 26.4. The number of thioether (sulfide) groups is 1. The number of nitrogens with one attached hydrogen (secondary N) is 1. The van der Waals surface area contributed by atoms with Crippen LogP contribution in [0.3, 0.4) is 0 Å². The maximum atomic E-state index is 13.3. The third-order valence-corrected chi connectivity index (χ3v) is 5.74. The number of nitrogens with zero attached hydrogens (tertiary/aromatic N) is 1. The number of benzene rings is 2. The Kier molecular flexibility index (Phi) is 7.07. The highest BCUT2D eigenvalue weighted by atomic mass is 32.2. The van der Waals surface area contributed by atoms with Crippen molar-refractivity contribution >= 4 is 46.2 Å². The van der Waals surface area contributed by atoms with E-state index < -0.39 is 5.82 Å². The van der Waals surface area contributed by atoms with E-state index in [-0.39, 0.29) is 36.3 Å². The van der Waals surface area contributed by atoms with Crippen molar-refractivity contribution < 1.29 is 24.2 Å². The molecule has 1 heterocycles. The number of carbonyl (C=O) groups excluding carboxylic acids is 2. The SMILES string of the molecule is O=C(CCN1C(=O)C(=Cc2cccc(F)c2)SC1=S)NCCc1ccc(O)c(O)c1. The molecule has 156 valence electrons. The van der Waals surface area contributed by atoms with Crippen molar-refractivity contribution in [2.24, 2.45) is 0 Å². The fourth-order valence-corrected chi connectivity index (χ4v) is 4.12. The van der Waals surface area contributed by atoms with E-state index in [2.05, 4.69) is 5.32 Å². The number of carbonyl (C=O) groups is 2. The van der Waals surface area contributed by atoms with Crippen molar-refractivity contribution in [2.45, 2.75) is 12.8 Å². The number of halogens is 1. The highest BCUT2D eigenvalue weighted by Crippen LogP contribution is 2.32. The minimum absolute atomic E-state index is 0.0838. The van der Waals surface area contributed by atoms with Gasteiger partial charge in [-0.3, -0.25) is 14.5 Å². The fourth-order valence-electron chi connectivity index (χ4n) is 2.81. The number of amides is 2. The predicted molar refractivity (Wildman–Crippen MR) is 117 cm³/mol. The molecule has 3 N–H and O–H groups in total. The largest absolute Gasteiger partial charge is 0.504 e. The van der Waals surface area contributed by atoms with Crippen LogP contribution in [0.1, 0.15) is 17.5 Å². The van der Waals surface area contributed by atoms with Gasteiger partial charge in [-0.2, -0.15) is 0 Å². The maximum Gasteiger partial charge on any atom is 0.266 e. The van der Waals surface area contributed by atoms with Gasteiger partial charge in [-0.1, -0.05) is 42.2 Å². The lowest BCUT2D eigenvalue weighted by Crippen LogP contribution is -2.34. The van der Waals surface area contributed by atoms with Gasteiger partial charge in [0.15, 0.2) is 11.5 Å². The highest BCUT2D eigenvalue weighted by Gasteiger charge is 2.32. The van der Waals surface area contributed by atoms with Gasteiger partial charge < -0.3 is 15.5 Å². The Morgan fingerprint density at radius 1 is 1.20 bits per heavy atom. The van der Waals surface area contributed by atoms with Gasteiger partial charge in [-0.15, -0.1) is 0 Å². The summed E-state index contributed by atoms with van der Waals surface area (Å²) in [6.45, 7) is 0.498. The van der Waals surface area contributed by atoms with Gasteiger partial charge in [0.2, 0.25) is 5.91 Å². The van der Waals surface area contributed by atoms with Gasteiger partial charge in [0.05, 0.1) is 4.91 Å². The molecule has 0 saturated carbocycles. The summed E-state index contributed by atoms with van der Waals surface area (Å²) < 4.78 is 13.7. The average molecular weight is 447 g/mol. The van der Waals surface area contributed by atoms with E-state index in [1.807, 2.05) is 0 Å². The van der Waals surface area contributed by atoms with E-state index in [9.17, 15) is 24.2 Å². The first-order chi connectivity index (χ1) is 14.3. The molecule has 2 amide bonds. The van der Waals surface area contributed by atoms with Gasteiger partial charge in [-0.25, -0.2) is 4.39 Å². The Morgan fingerprint density at radius 2 is 2.00 bits per heavy atom. The smallest absolute Gasteiger partial charge is 0.266 e. The number of phenolic OH excluding ortho intramolecular Hbond substituents is 2. The first kappa shape index (κ1) is 21.8. The van der Waals surface area contributed by atoms with Crippen LogP contribution in [0.5, 0.6) is 11.5 Å². The van der Waals surface area contributed by atoms with E-state index in [0.29, 0.717) is 27.8 Å². The van der Waals surface area contributed by atoms with Crippen LogP contribution in [0.25, 0.3) is 6.08 Å². The van der Waals surface area contributed by atoms with Gasteiger partial charge >= 0.3 is 0 Å². The molecule has 2 aromatic rings. The molecule has 6 nitrogen and oxygen atoms in total. The van der Waals surface area contributed by atoms with Crippen LogP contribution in [-0.4, -0.2) is 44.3 Å². The molecule has 0 radical (unpaired) electrons. The molecular formula is C21H19FN2O4S2. The molecule has 30 heavy (non-hydrogen) atoms. The summed E-state index contributed by atoms with van der Waals surface area (Å²) in [5, 5.41) is 21.5. The van der Waals surface area contributed by atoms with Crippen LogP contribution in [0.15, 0.2) is 47.4 Å². The van der Waals surface area contributed by atoms with Crippen molar-refractivity contribution in [1.82, 2.24) is 10.2 Å². The second-order valence-electron chi connectivity index (χ2n) is 6.56. The normalized spacial score (nSPS) is 15.1. The quantitative estimate of drug-likeness (QED) is 0.344. The van der Waals surface area contributed by atoms with Crippen LogP contribution in [0.4, 0.5) is 4.39 Å². The lowest BCUT2D eigenvalue weighted by molar-refractivity contribution is -0.123. The summed E-state index contributed by atoms with van der Waals surface area (Å²) in [5.41, 5.74) is 1.33. The van der Waals surface area contributed by atoms with E-state index >= 15 is 0 Å². The predicted octanol–water partition coefficient (Wildman–Crippen LogP) is 3.19. The Labute approximate surface area is 182 Å². The zero-order valence-electron chi connectivity index (χ0n) is 15.8. The molecule has 9 heteroatoms. The van der Waals surface area contributed by atoms with Gasteiger partial charge in [0, 0.05) is 19.5 Å². The fraction of sp³-hybridized carbons (Fsp3) is 0.190. The number of rotatable bonds is 7. The van der Waals surface area contributed by atoms with E-state index in [4.69, 9.17) is 12.2 Å². The minimum Gasteiger partial charge on any atom is -0.504 e. The van der Waals surface area contributed by atoms with Crippen molar-refractivity contribution in [3.05, 3.63) is 64.3 Å². The Morgan fingerprint density at radius 3 is 2.73 bits per heavy atom. The molecule has 0 unspecified atom stereocenters. The standard InChI is InChI=1S/C21H19FN2O4S2/c22-15-3-1-2-14(10-15)12-18-20(28)24(21(29)30-18)9-7-19(27)23-8-6-13-4-5-16(25)17(26)11-13/h1-5,10-12,25-26H,6-9H2,(H,23,27). The highest BCUT2D eigenvalue weighted by molar-refractivity contribution is 8.26. The number of phenols is 2. The van der Waals surface area contributed by atoms with Crippen LogP contribution in [0, 0.1) is 5.82 Å². The number of hydrogen-bond donors (Lipinski definition) is 3.